The number of methoxy groups -OCH3 is 24. The minimum absolute atomic E-state index is 0. The summed E-state index contributed by atoms with van der Waals surface area (Å²) in [5.74, 6) is -33.3. The van der Waals surface area contributed by atoms with Crippen molar-refractivity contribution in [3.05, 3.63) is 220 Å². The molecule has 0 aliphatic rings. The van der Waals surface area contributed by atoms with Crippen LogP contribution in [0.2, 0.25) is 0 Å². The molecule has 0 heterocycles. The Hall–Kier alpha value is -5.76. The van der Waals surface area contributed by atoms with Gasteiger partial charge >= 0.3 is 140 Å². The van der Waals surface area contributed by atoms with Crippen molar-refractivity contribution in [3.8, 4) is 0 Å². The van der Waals surface area contributed by atoms with Crippen LogP contribution in [-0.2, 0) is 362 Å². The molecule has 0 aliphatic carbocycles. The summed E-state index contributed by atoms with van der Waals surface area (Å²) in [4.78, 5) is 137. The van der Waals surface area contributed by atoms with Gasteiger partial charge in [-0.25, -0.2) is 61.3 Å². The van der Waals surface area contributed by atoms with E-state index < -0.39 is 291 Å². The second kappa shape index (κ2) is 82.6. The zero-order chi connectivity index (χ0) is 105. The number of hydrogen-bond acceptors (Lipinski definition) is 36. The first-order valence-electron chi connectivity index (χ1n) is 32.5. The fourth-order valence-electron chi connectivity index (χ4n) is 7.04. The molecule has 137 heavy (non-hydrogen) atoms. The Bertz CT molecular complexity index is 2520. The molecule has 0 atom stereocenters. The Morgan fingerprint density at radius 1 is 0.109 bits per heavy atom. The summed E-state index contributed by atoms with van der Waals surface area (Å²) in [6.07, 6.45) is -39.0. The second-order valence-corrected chi connectivity index (χ2v) is 20.2. The van der Waals surface area contributed by atoms with Crippen molar-refractivity contribution in [2.75, 3.05) is 171 Å². The smallest absolute Gasteiger partial charge is 0.468 e. The largest absolute Gasteiger partial charge is 3.00 e. The van der Waals surface area contributed by atoms with Crippen molar-refractivity contribution in [2.24, 2.45) is 0 Å². The van der Waals surface area contributed by atoms with Crippen molar-refractivity contribution in [1.82, 2.24) is 6.15 Å². The van der Waals surface area contributed by atoms with E-state index in [1.165, 1.54) is 0 Å². The van der Waals surface area contributed by atoms with E-state index >= 15 is 0 Å². The molecule has 0 saturated heterocycles. The minimum Gasteiger partial charge on any atom is -0.468 e. The van der Waals surface area contributed by atoms with Crippen LogP contribution in [0, 0.1) is 220 Å². The zero-order valence-electron chi connectivity index (χ0n) is 74.9. The monoisotopic (exact) mass is 2140 g/mol. The van der Waals surface area contributed by atoms with E-state index in [4.69, 9.17) is 0 Å². The maximum atomic E-state index is 11.9. The number of rotatable bonds is 54. The van der Waals surface area contributed by atoms with Gasteiger partial charge in [-0.3, -0.25) is 57.5 Å². The van der Waals surface area contributed by atoms with Gasteiger partial charge < -0.3 is 120 Å². The Balaban J connectivity index is -0.000000153. The summed E-state index contributed by atoms with van der Waals surface area (Å²) in [5.41, 5.74) is 0. The third-order valence-electron chi connectivity index (χ3n) is 13.3. The molecule has 0 saturated carbocycles. The Morgan fingerprint density at radius 2 is 0.153 bits per heavy atom. The summed E-state index contributed by atoms with van der Waals surface area (Å²) in [6, 6.07) is 0. The van der Waals surface area contributed by atoms with E-state index in [1.807, 2.05) is 0 Å². The average Bonchev–Trinajstić information content (AvgIpc) is 0.847. The van der Waals surface area contributed by atoms with Gasteiger partial charge in [0.05, 0.1) is 85.3 Å². The maximum absolute atomic E-state index is 11.9. The number of carbonyl (C=O) groups excluding carboxylic acids is 12. The Morgan fingerprint density at radius 3 is 0.182 bits per heavy atom. The van der Waals surface area contributed by atoms with Gasteiger partial charge in [0.15, 0.2) is 144 Å². The predicted molar refractivity (Wildman–Crippen MR) is 368 cm³/mol. The molecule has 0 unspecified atom stereocenters. The van der Waals surface area contributed by atoms with E-state index in [2.05, 4.69) is 114 Å². The van der Waals surface area contributed by atoms with Gasteiger partial charge in [0.25, 0.3) is 75.5 Å². The van der Waals surface area contributed by atoms with Gasteiger partial charge in [0, 0.05) is 85.3 Å². The first-order chi connectivity index (χ1) is 61.6. The van der Waals surface area contributed by atoms with E-state index in [-0.39, 0.29) is 74.4 Å². The molecule has 0 rings (SSSR count). The summed E-state index contributed by atoms with van der Waals surface area (Å²) < 4.78 is 100. The molecule has 65 heteroatoms. The number of carbonyl (C=O) groups is 12. The molecule has 0 aliphatic heterocycles. The molecule has 63 radical (unpaired) electrons. The Labute approximate surface area is 826 Å². The summed E-state index contributed by atoms with van der Waals surface area (Å²) in [6.45, 7) is 0. The number of hydrogen-bond donors (Lipinski definition) is 1. The van der Waals surface area contributed by atoms with E-state index in [0.717, 1.165) is 171 Å². The maximum Gasteiger partial charge on any atom is 3.00 e. The molecule has 0 aromatic rings. The second-order valence-electron chi connectivity index (χ2n) is 20.2. The van der Waals surface area contributed by atoms with Gasteiger partial charge in [-0.05, 0) is 0 Å². The van der Waals surface area contributed by atoms with Gasteiger partial charge in [0.2, 0.25) is 0 Å². The van der Waals surface area contributed by atoms with Crippen LogP contribution in [-0.4, -0.2) is 242 Å². The number of quaternary nitrogens is 1. The molecule has 4 N–H and O–H groups in total. The molecule has 0 aromatic carbocycles. The quantitative estimate of drug-likeness (QED) is 0.0377. The fraction of sp³-hybridized carbons (Fsp3) is 0.333. The molecule has 0 bridgehead atoms. The predicted octanol–water partition coefficient (Wildman–Crippen LogP) is -2.40. The minimum atomic E-state index is -1.77. The van der Waals surface area contributed by atoms with Crippen LogP contribution in [0.15, 0.2) is 0 Å². The van der Waals surface area contributed by atoms with Crippen LogP contribution in [0.5, 0.6) is 0 Å². The van der Waals surface area contributed by atoms with Crippen molar-refractivity contribution >= 4 is 71.6 Å². The van der Waals surface area contributed by atoms with Crippen LogP contribution in [0.25, 0.3) is 0 Å². The molecule has 0 spiro atoms. The molecule has 0 amide bonds. The SMILES string of the molecule is CO[C]([O])[C]([C]([O])[C]([O])[C]([C]([O])OC)C(=O)OC)C(=O)OC.CO[C]([O])[C]([C]([O])[C]([O])[C]([C]([O])OC)C(=O)OC)C(=O)OC.CO[C]([O])[C]([C]([O])[C]([O])[C]([C]([O])OC)C(=O)OC)C(=O)OC.CO[C]([O])[C]([C]([O])[C]([O])[C]([C]([O])OC)C(=O)OC)C(=O)OC.CO[C]([O])[C]([C]([O])[C]([O])[C]([C]([O])OC)C(=O)OC)C(=O)OC.CO[C]([O])[C]([C]([O])[C]([O])[C]([C]([O])OC)C(=O)OC)C(=O)OC.[Fe+2].[Fe+3].[Fe+3].[Fe+3].[NH4+]. The van der Waals surface area contributed by atoms with Crippen LogP contribution in [0.3, 0.4) is 0 Å². The number of ether oxygens (including phenoxy) is 24. The zero-order valence-corrected chi connectivity index (χ0v) is 79.3. The third kappa shape index (κ3) is 48.5. The van der Waals surface area contributed by atoms with Gasteiger partial charge in [-0.15, -0.1) is 0 Å². The topological polar surface area (TPSA) is 940 Å². The fourth-order valence-corrected chi connectivity index (χ4v) is 7.04. The average molecular weight is 2140 g/mol. The van der Waals surface area contributed by atoms with E-state index in [1.54, 1.807) is 0 Å². The van der Waals surface area contributed by atoms with Crippen LogP contribution in [0.4, 0.5) is 0 Å². The summed E-state index contributed by atoms with van der Waals surface area (Å²) >= 11 is 0. The van der Waals surface area contributed by atoms with Crippen LogP contribution >= 0.6 is 0 Å². The first-order valence-corrected chi connectivity index (χ1v) is 32.5. The van der Waals surface area contributed by atoms with Gasteiger partial charge in [-0.2, -0.15) is 61.3 Å². The van der Waals surface area contributed by atoms with E-state index in [9.17, 15) is 180 Å². The molecular weight excluding hydrogens is 2060 g/mol. The van der Waals surface area contributed by atoms with Gasteiger partial charge in [-0.1, -0.05) is 0 Å². The molecule has 0 aromatic heterocycles. The normalized spacial score (nSPS) is 11.6. The van der Waals surface area contributed by atoms with Crippen LogP contribution < -0.4 is 6.15 Å². The Kier molecular flexibility index (Phi) is 92.9. The summed E-state index contributed by atoms with van der Waals surface area (Å²) in [7, 11) is 20.2. The molecule has 749 valence electrons. The molecular formula is C72H76Fe4NO60+12. The molecule has 61 nitrogen and oxygen atoms in total. The van der Waals surface area contributed by atoms with Crippen molar-refractivity contribution < 1.29 is 362 Å². The third-order valence-corrected chi connectivity index (χ3v) is 13.3. The standard InChI is InChI=1S/6C12H12O10.4Fe.H3N/c6*1-19-9(15)5(10(16)20-2)7(13)8(14)6(11(17)21-3)12(18)22-4;;;;;/h6*1-4H3;;;;;1H3/q;;;;;;+2;3*+3;/p+1. The van der Waals surface area contributed by atoms with Crippen LogP contribution in [0.1, 0.15) is 0 Å². The van der Waals surface area contributed by atoms with Crippen molar-refractivity contribution in [2.45, 2.75) is 0 Å². The first kappa shape index (κ1) is 154. The van der Waals surface area contributed by atoms with Crippen molar-refractivity contribution in [1.29, 1.82) is 0 Å². The van der Waals surface area contributed by atoms with Gasteiger partial charge in [0.1, 0.15) is 0 Å². The summed E-state index contributed by atoms with van der Waals surface area (Å²) in [5, 5.41) is 279. The van der Waals surface area contributed by atoms with Crippen molar-refractivity contribution in [3.63, 3.8) is 0 Å². The van der Waals surface area contributed by atoms with E-state index in [0.29, 0.717) is 0 Å². The number of esters is 12. The molecule has 0 fully saturated rings.